The van der Waals surface area contributed by atoms with Crippen LogP contribution in [0.3, 0.4) is 0 Å². The molecule has 190 valence electrons. The van der Waals surface area contributed by atoms with Crippen molar-refractivity contribution in [1.82, 2.24) is 20.4 Å². The quantitative estimate of drug-likeness (QED) is 0.451. The van der Waals surface area contributed by atoms with Crippen LogP contribution in [0.1, 0.15) is 39.5 Å². The van der Waals surface area contributed by atoms with E-state index in [-0.39, 0.29) is 36.5 Å². The molecular weight excluding hydrogens is 444 g/mol. The molecule has 0 saturated carbocycles. The Morgan fingerprint density at radius 3 is 2.51 bits per heavy atom. The number of amides is 3. The summed E-state index contributed by atoms with van der Waals surface area (Å²) in [6.45, 7) is 5.29. The van der Waals surface area contributed by atoms with Gasteiger partial charge >= 0.3 is 6.03 Å². The minimum absolute atomic E-state index is 0.00171. The molecule has 3 N–H and O–H groups in total. The smallest absolute Gasteiger partial charge is 0.327 e. The summed E-state index contributed by atoms with van der Waals surface area (Å²) in [5.74, 6) is 0.856. The highest BCUT2D eigenvalue weighted by Gasteiger charge is 2.50. The van der Waals surface area contributed by atoms with E-state index in [1.807, 2.05) is 24.3 Å². The molecule has 35 heavy (non-hydrogen) atoms. The highest BCUT2D eigenvalue weighted by Crippen LogP contribution is 2.25. The lowest BCUT2D eigenvalue weighted by Gasteiger charge is -2.51. The second kappa shape index (κ2) is 11.4. The van der Waals surface area contributed by atoms with Crippen LogP contribution in [0.25, 0.3) is 10.8 Å². The maximum Gasteiger partial charge on any atom is 0.327 e. The SMILES string of the molecule is CC(C)CN1C(=O)N(C)C(=O)C2NC(CCCCCO)C(COc3ccc4ccccc4c3)NC21. The second-order valence-electron chi connectivity index (χ2n) is 10.1. The number of fused-ring (bicyclic) bond motifs is 2. The first-order chi connectivity index (χ1) is 16.9. The number of hydrogen-bond acceptors (Lipinski definition) is 6. The van der Waals surface area contributed by atoms with Gasteiger partial charge in [-0.15, -0.1) is 0 Å². The molecule has 4 atom stereocenters. The number of likely N-dealkylation sites (N-methyl/N-ethyl adjacent to an activating group) is 1. The van der Waals surface area contributed by atoms with E-state index < -0.39 is 12.2 Å². The molecule has 2 fully saturated rings. The zero-order chi connectivity index (χ0) is 24.9. The van der Waals surface area contributed by atoms with Crippen LogP contribution in [0.15, 0.2) is 42.5 Å². The van der Waals surface area contributed by atoms with E-state index in [1.165, 1.54) is 4.90 Å². The predicted octanol–water partition coefficient (Wildman–Crippen LogP) is 2.95. The number of nitrogens with one attached hydrogen (secondary N) is 2. The molecule has 0 radical (unpaired) electrons. The fraction of sp³-hybridized carbons (Fsp3) is 0.556. The Bertz CT molecular complexity index is 1030. The Balaban J connectivity index is 1.52. The molecule has 8 heteroatoms. The van der Waals surface area contributed by atoms with Crippen molar-refractivity contribution in [3.8, 4) is 5.75 Å². The molecule has 3 amide bonds. The molecule has 2 aliphatic heterocycles. The first-order valence-electron chi connectivity index (χ1n) is 12.7. The maximum absolute atomic E-state index is 13.0. The number of nitrogens with zero attached hydrogens (tertiary/aromatic N) is 2. The third-order valence-electron chi connectivity index (χ3n) is 6.93. The number of unbranched alkanes of at least 4 members (excludes halogenated alkanes) is 2. The molecule has 8 nitrogen and oxygen atoms in total. The molecule has 0 aromatic heterocycles. The van der Waals surface area contributed by atoms with Crippen LogP contribution in [-0.2, 0) is 4.79 Å². The van der Waals surface area contributed by atoms with E-state index in [0.29, 0.717) is 13.2 Å². The summed E-state index contributed by atoms with van der Waals surface area (Å²) in [5.41, 5.74) is 0. The van der Waals surface area contributed by atoms with Gasteiger partial charge in [-0.1, -0.05) is 57.0 Å². The van der Waals surface area contributed by atoms with E-state index in [1.54, 1.807) is 11.9 Å². The molecule has 2 aromatic rings. The van der Waals surface area contributed by atoms with Crippen molar-refractivity contribution in [2.75, 3.05) is 26.8 Å². The third kappa shape index (κ3) is 5.77. The van der Waals surface area contributed by atoms with Gasteiger partial charge in [0, 0.05) is 26.2 Å². The molecule has 2 aliphatic rings. The Labute approximate surface area is 207 Å². The number of hydrogen-bond donors (Lipinski definition) is 3. The first kappa shape index (κ1) is 25.4. The van der Waals surface area contributed by atoms with Gasteiger partial charge in [0.25, 0.3) is 5.91 Å². The van der Waals surface area contributed by atoms with Crippen molar-refractivity contribution < 1.29 is 19.4 Å². The number of aliphatic hydroxyl groups excluding tert-OH is 1. The summed E-state index contributed by atoms with van der Waals surface area (Å²) in [6, 6.07) is 13.4. The zero-order valence-corrected chi connectivity index (χ0v) is 20.9. The summed E-state index contributed by atoms with van der Waals surface area (Å²) < 4.78 is 6.24. The minimum atomic E-state index is -0.504. The lowest BCUT2D eigenvalue weighted by atomic mass is 9.93. The van der Waals surface area contributed by atoms with Crippen molar-refractivity contribution in [2.24, 2.45) is 5.92 Å². The fourth-order valence-corrected chi connectivity index (χ4v) is 5.09. The number of benzene rings is 2. The number of carbonyl (C=O) groups is 2. The maximum atomic E-state index is 13.0. The van der Waals surface area contributed by atoms with Gasteiger partial charge in [0.2, 0.25) is 0 Å². The molecule has 0 aliphatic carbocycles. The van der Waals surface area contributed by atoms with E-state index in [4.69, 9.17) is 9.84 Å². The van der Waals surface area contributed by atoms with Crippen LogP contribution < -0.4 is 15.4 Å². The van der Waals surface area contributed by atoms with Gasteiger partial charge in [0.15, 0.2) is 0 Å². The Morgan fingerprint density at radius 1 is 1.00 bits per heavy atom. The van der Waals surface area contributed by atoms with Crippen LogP contribution in [-0.4, -0.2) is 77.9 Å². The van der Waals surface area contributed by atoms with Gasteiger partial charge in [-0.25, -0.2) is 4.79 Å². The van der Waals surface area contributed by atoms with Gasteiger partial charge in [0.1, 0.15) is 24.6 Å². The molecule has 4 unspecified atom stereocenters. The zero-order valence-electron chi connectivity index (χ0n) is 20.9. The number of urea groups is 1. The van der Waals surface area contributed by atoms with E-state index in [2.05, 4.69) is 42.7 Å². The number of rotatable bonds is 10. The Hall–Kier alpha value is -2.68. The van der Waals surface area contributed by atoms with E-state index in [0.717, 1.165) is 42.2 Å². The van der Waals surface area contributed by atoms with Crippen molar-refractivity contribution in [3.05, 3.63) is 42.5 Å². The van der Waals surface area contributed by atoms with Gasteiger partial charge in [0.05, 0.1) is 6.04 Å². The number of aliphatic hydroxyl groups is 1. The summed E-state index contributed by atoms with van der Waals surface area (Å²) in [5, 5.41) is 18.6. The normalized spacial score (nSPS) is 24.8. The first-order valence-corrected chi connectivity index (χ1v) is 12.7. The molecule has 2 heterocycles. The molecule has 2 saturated heterocycles. The number of imide groups is 1. The fourth-order valence-electron chi connectivity index (χ4n) is 5.09. The van der Waals surface area contributed by atoms with E-state index in [9.17, 15) is 9.59 Å². The monoisotopic (exact) mass is 482 g/mol. The molecule has 4 rings (SSSR count). The number of piperazine rings is 1. The van der Waals surface area contributed by atoms with Gasteiger partial charge in [-0.2, -0.15) is 0 Å². The largest absolute Gasteiger partial charge is 0.492 e. The average Bonchev–Trinajstić information content (AvgIpc) is 2.86. The van der Waals surface area contributed by atoms with Crippen molar-refractivity contribution in [2.45, 2.75) is 63.8 Å². The van der Waals surface area contributed by atoms with Crippen LogP contribution >= 0.6 is 0 Å². The van der Waals surface area contributed by atoms with Crippen LogP contribution in [0.2, 0.25) is 0 Å². The van der Waals surface area contributed by atoms with Gasteiger partial charge in [-0.05, 0) is 41.7 Å². The number of carbonyl (C=O) groups excluding carboxylic acids is 2. The average molecular weight is 483 g/mol. The lowest BCUT2D eigenvalue weighted by molar-refractivity contribution is -0.138. The molecule has 0 spiro atoms. The Morgan fingerprint density at radius 2 is 1.77 bits per heavy atom. The molecular formula is C27H38N4O4. The van der Waals surface area contributed by atoms with E-state index >= 15 is 0 Å². The summed E-state index contributed by atoms with van der Waals surface area (Å²) in [6.07, 6.45) is 3.04. The van der Waals surface area contributed by atoms with Crippen molar-refractivity contribution >= 4 is 22.7 Å². The van der Waals surface area contributed by atoms with Crippen LogP contribution in [0.4, 0.5) is 4.79 Å². The minimum Gasteiger partial charge on any atom is -0.492 e. The second-order valence-corrected chi connectivity index (χ2v) is 10.1. The molecule has 0 bridgehead atoms. The van der Waals surface area contributed by atoms with Crippen LogP contribution in [0, 0.1) is 5.92 Å². The van der Waals surface area contributed by atoms with Crippen molar-refractivity contribution in [1.29, 1.82) is 0 Å². The highest BCUT2D eigenvalue weighted by molar-refractivity contribution is 6.00. The number of ether oxygens (including phenoxy) is 1. The highest BCUT2D eigenvalue weighted by atomic mass is 16.5. The van der Waals surface area contributed by atoms with Crippen LogP contribution in [0.5, 0.6) is 5.75 Å². The summed E-state index contributed by atoms with van der Waals surface area (Å²) in [4.78, 5) is 29.0. The lowest BCUT2D eigenvalue weighted by Crippen LogP contribution is -2.79. The predicted molar refractivity (Wildman–Crippen MR) is 136 cm³/mol. The standard InChI is InChI=1S/C27H38N4O4/c1-18(2)16-31-25-24(26(33)30(3)27(31)34)28-22(11-5-4-8-14-32)23(29-25)17-35-21-13-12-19-9-6-7-10-20(19)15-21/h6-7,9-10,12-13,15,18,22-25,28-29,32H,4-5,8,11,14,16-17H2,1-3H3. The van der Waals surface area contributed by atoms with Gasteiger partial charge in [-0.3, -0.25) is 20.3 Å². The van der Waals surface area contributed by atoms with Crippen molar-refractivity contribution in [3.63, 3.8) is 0 Å². The topological polar surface area (TPSA) is 94.1 Å². The van der Waals surface area contributed by atoms with Gasteiger partial charge < -0.3 is 14.7 Å². The molecule has 2 aromatic carbocycles. The summed E-state index contributed by atoms with van der Waals surface area (Å²) >= 11 is 0. The summed E-state index contributed by atoms with van der Waals surface area (Å²) in [7, 11) is 1.56. The third-order valence-corrected chi connectivity index (χ3v) is 6.93. The Kier molecular flexibility index (Phi) is 8.26.